The smallest absolute Gasteiger partial charge is 0.269 e. The Hall–Kier alpha value is -5.06. The van der Waals surface area contributed by atoms with Crippen LogP contribution >= 0.6 is 0 Å². The Morgan fingerprint density at radius 2 is 1.63 bits per heavy atom. The minimum Gasteiger partial charge on any atom is -0.339 e. The molecule has 0 radical (unpaired) electrons. The number of hydrogen-bond acceptors (Lipinski definition) is 6. The lowest BCUT2D eigenvalue weighted by Crippen LogP contribution is -2.57. The predicted octanol–water partition coefficient (Wildman–Crippen LogP) is 4.05. The van der Waals surface area contributed by atoms with Crippen molar-refractivity contribution in [2.24, 2.45) is 0 Å². The molecule has 2 saturated heterocycles. The fourth-order valence-electron chi connectivity index (χ4n) is 5.31. The topological polar surface area (TPSA) is 116 Å². The molecule has 41 heavy (non-hydrogen) atoms. The molecule has 2 aliphatic heterocycles. The van der Waals surface area contributed by atoms with Crippen molar-refractivity contribution in [1.29, 1.82) is 0 Å². The lowest BCUT2D eigenvalue weighted by molar-refractivity contribution is -0.384. The van der Waals surface area contributed by atoms with E-state index in [9.17, 15) is 28.9 Å². The first-order chi connectivity index (χ1) is 19.7. The zero-order valence-corrected chi connectivity index (χ0v) is 22.1. The molecular formula is C30H28FN5O5. The number of amides is 3. The third-order valence-corrected chi connectivity index (χ3v) is 7.47. The van der Waals surface area contributed by atoms with Gasteiger partial charge in [0.25, 0.3) is 11.6 Å². The van der Waals surface area contributed by atoms with E-state index in [0.717, 1.165) is 5.69 Å². The number of likely N-dealkylation sites (tertiary alicyclic amines) is 1. The van der Waals surface area contributed by atoms with Crippen LogP contribution in [0.4, 0.5) is 21.5 Å². The monoisotopic (exact) mass is 557 g/mol. The fourth-order valence-corrected chi connectivity index (χ4v) is 5.31. The number of halogens is 1. The van der Waals surface area contributed by atoms with Gasteiger partial charge >= 0.3 is 0 Å². The number of carbonyl (C=O) groups is 3. The standard InChI is InChI=1S/C30H28FN5O5/c31-23-9-11-24(12-10-23)32-27(37)20-34-21-35(25-4-2-1-3-5-25)30(29(34)39)16-18-33(19-17-30)28(38)15-8-22-6-13-26(14-7-22)36(40)41/h1-15H,16-21H2,(H,32,37). The summed E-state index contributed by atoms with van der Waals surface area (Å²) >= 11 is 0. The van der Waals surface area contributed by atoms with Gasteiger partial charge in [-0.2, -0.15) is 0 Å². The largest absolute Gasteiger partial charge is 0.339 e. The summed E-state index contributed by atoms with van der Waals surface area (Å²) in [6, 6.07) is 20.8. The van der Waals surface area contributed by atoms with E-state index in [0.29, 0.717) is 37.2 Å². The van der Waals surface area contributed by atoms with Crippen LogP contribution in [0.25, 0.3) is 6.08 Å². The predicted molar refractivity (Wildman–Crippen MR) is 151 cm³/mol. The Morgan fingerprint density at radius 1 is 0.976 bits per heavy atom. The van der Waals surface area contributed by atoms with Crippen LogP contribution in [0.15, 0.2) is 84.9 Å². The molecule has 0 aromatic heterocycles. The SMILES string of the molecule is O=C(CN1CN(c2ccccc2)C2(CCN(C(=O)C=Cc3ccc([N+](=O)[O-])cc3)CC2)C1=O)Nc1ccc(F)cc1. The van der Waals surface area contributed by atoms with Gasteiger partial charge in [-0.1, -0.05) is 18.2 Å². The van der Waals surface area contributed by atoms with Crippen molar-refractivity contribution in [1.82, 2.24) is 9.80 Å². The van der Waals surface area contributed by atoms with Crippen LogP contribution < -0.4 is 10.2 Å². The molecule has 1 spiro atoms. The van der Waals surface area contributed by atoms with Gasteiger partial charge in [-0.05, 0) is 73.0 Å². The number of anilines is 2. The molecule has 0 aliphatic carbocycles. The third kappa shape index (κ3) is 5.93. The van der Waals surface area contributed by atoms with Gasteiger partial charge in [0, 0.05) is 42.7 Å². The molecule has 5 rings (SSSR count). The number of para-hydroxylation sites is 1. The van der Waals surface area contributed by atoms with Crippen LogP contribution in [-0.4, -0.2) is 64.3 Å². The third-order valence-electron chi connectivity index (χ3n) is 7.47. The molecule has 10 nitrogen and oxygen atoms in total. The first kappa shape index (κ1) is 27.5. The van der Waals surface area contributed by atoms with E-state index in [2.05, 4.69) is 5.32 Å². The number of rotatable bonds is 7. The van der Waals surface area contributed by atoms with Crippen molar-refractivity contribution in [3.8, 4) is 0 Å². The van der Waals surface area contributed by atoms with Gasteiger partial charge in [0.2, 0.25) is 11.8 Å². The van der Waals surface area contributed by atoms with Crippen LogP contribution in [0.3, 0.4) is 0 Å². The molecule has 0 unspecified atom stereocenters. The van der Waals surface area contributed by atoms with Crippen molar-refractivity contribution in [2.75, 3.05) is 36.5 Å². The molecule has 3 aromatic rings. The maximum Gasteiger partial charge on any atom is 0.269 e. The zero-order valence-electron chi connectivity index (χ0n) is 22.1. The van der Waals surface area contributed by atoms with E-state index in [1.165, 1.54) is 47.4 Å². The Labute approximate surface area is 235 Å². The van der Waals surface area contributed by atoms with Crippen LogP contribution in [0, 0.1) is 15.9 Å². The molecule has 0 bridgehead atoms. The number of benzene rings is 3. The molecule has 210 valence electrons. The lowest BCUT2D eigenvalue weighted by atomic mass is 9.85. The summed E-state index contributed by atoms with van der Waals surface area (Å²) in [7, 11) is 0. The average molecular weight is 558 g/mol. The normalized spacial score (nSPS) is 16.4. The maximum atomic E-state index is 13.9. The van der Waals surface area contributed by atoms with Crippen LogP contribution in [0.2, 0.25) is 0 Å². The summed E-state index contributed by atoms with van der Waals surface area (Å²) in [4.78, 5) is 55.1. The molecule has 0 saturated carbocycles. The summed E-state index contributed by atoms with van der Waals surface area (Å²) in [6.07, 6.45) is 3.80. The highest BCUT2D eigenvalue weighted by atomic mass is 19.1. The van der Waals surface area contributed by atoms with Gasteiger partial charge < -0.3 is 20.0 Å². The lowest BCUT2D eigenvalue weighted by Gasteiger charge is -2.43. The molecule has 11 heteroatoms. The van der Waals surface area contributed by atoms with E-state index >= 15 is 0 Å². The highest BCUT2D eigenvalue weighted by Crippen LogP contribution is 2.39. The van der Waals surface area contributed by atoms with Crippen molar-refractivity contribution < 1.29 is 23.7 Å². The van der Waals surface area contributed by atoms with Crippen LogP contribution in [0.1, 0.15) is 18.4 Å². The number of carbonyl (C=O) groups excluding carboxylic acids is 3. The second-order valence-corrected chi connectivity index (χ2v) is 10.0. The van der Waals surface area contributed by atoms with Crippen molar-refractivity contribution in [3.63, 3.8) is 0 Å². The number of hydrogen-bond donors (Lipinski definition) is 1. The van der Waals surface area contributed by atoms with Crippen LogP contribution in [0.5, 0.6) is 0 Å². The van der Waals surface area contributed by atoms with Gasteiger partial charge in [-0.3, -0.25) is 24.5 Å². The van der Waals surface area contributed by atoms with Crippen LogP contribution in [-0.2, 0) is 14.4 Å². The number of nitro benzene ring substituents is 1. The first-order valence-corrected chi connectivity index (χ1v) is 13.1. The Balaban J connectivity index is 1.27. The van der Waals surface area contributed by atoms with E-state index in [-0.39, 0.29) is 36.6 Å². The van der Waals surface area contributed by atoms with Gasteiger partial charge in [0.1, 0.15) is 17.9 Å². The molecule has 2 fully saturated rings. The molecule has 3 amide bonds. The molecule has 0 atom stereocenters. The molecule has 2 heterocycles. The van der Waals surface area contributed by atoms with Crippen molar-refractivity contribution in [2.45, 2.75) is 18.4 Å². The van der Waals surface area contributed by atoms with Gasteiger partial charge in [0.15, 0.2) is 0 Å². The first-order valence-electron chi connectivity index (χ1n) is 13.1. The summed E-state index contributed by atoms with van der Waals surface area (Å²) in [5, 5.41) is 13.6. The summed E-state index contributed by atoms with van der Waals surface area (Å²) in [5.41, 5.74) is 1.01. The summed E-state index contributed by atoms with van der Waals surface area (Å²) < 4.78 is 13.2. The van der Waals surface area contributed by atoms with E-state index in [4.69, 9.17) is 0 Å². The Kier molecular flexibility index (Phi) is 7.77. The van der Waals surface area contributed by atoms with E-state index in [1.807, 2.05) is 35.2 Å². The number of nitro groups is 1. The number of piperidine rings is 1. The minimum atomic E-state index is -0.906. The average Bonchev–Trinajstić information content (AvgIpc) is 3.24. The highest BCUT2D eigenvalue weighted by Gasteiger charge is 2.54. The van der Waals surface area contributed by atoms with Gasteiger partial charge in [0.05, 0.1) is 11.6 Å². The zero-order chi connectivity index (χ0) is 29.0. The summed E-state index contributed by atoms with van der Waals surface area (Å²) in [6.45, 7) is 0.734. The number of non-ortho nitro benzene ring substituents is 1. The van der Waals surface area contributed by atoms with Crippen molar-refractivity contribution in [3.05, 3.63) is 106 Å². The molecular weight excluding hydrogens is 529 g/mol. The minimum absolute atomic E-state index is 0.0269. The molecule has 2 aliphatic rings. The fraction of sp³-hybridized carbons (Fsp3) is 0.233. The Morgan fingerprint density at radius 3 is 2.27 bits per heavy atom. The van der Waals surface area contributed by atoms with E-state index < -0.39 is 16.3 Å². The quantitative estimate of drug-likeness (QED) is 0.266. The summed E-state index contributed by atoms with van der Waals surface area (Å²) in [5.74, 6) is -1.20. The second kappa shape index (κ2) is 11.6. The van der Waals surface area contributed by atoms with Crippen molar-refractivity contribution >= 4 is 40.9 Å². The molecule has 1 N–H and O–H groups in total. The maximum absolute atomic E-state index is 13.9. The second-order valence-electron chi connectivity index (χ2n) is 10.0. The van der Waals surface area contributed by atoms with E-state index in [1.54, 1.807) is 23.1 Å². The number of nitrogens with zero attached hydrogens (tertiary/aromatic N) is 4. The highest BCUT2D eigenvalue weighted by molar-refractivity contribution is 5.99. The Bertz CT molecular complexity index is 1470. The number of nitrogens with one attached hydrogen (secondary N) is 1. The van der Waals surface area contributed by atoms with Gasteiger partial charge in [-0.25, -0.2) is 4.39 Å². The van der Waals surface area contributed by atoms with Gasteiger partial charge in [-0.15, -0.1) is 0 Å². The molecule has 3 aromatic carbocycles.